The summed E-state index contributed by atoms with van der Waals surface area (Å²) < 4.78 is 5.12. The summed E-state index contributed by atoms with van der Waals surface area (Å²) in [6.07, 6.45) is 5.85. The highest BCUT2D eigenvalue weighted by Crippen LogP contribution is 2.21. The molecule has 2 N–H and O–H groups in total. The van der Waals surface area contributed by atoms with Crippen molar-refractivity contribution in [3.8, 4) is 0 Å². The van der Waals surface area contributed by atoms with Crippen LogP contribution in [0.15, 0.2) is 0 Å². The third-order valence-electron chi connectivity index (χ3n) is 5.22. The molecule has 1 saturated carbocycles. The summed E-state index contributed by atoms with van der Waals surface area (Å²) in [5.41, 5.74) is -1.00. The maximum atomic E-state index is 12.3. The molecule has 8 heteroatoms. The minimum atomic E-state index is -1.00. The van der Waals surface area contributed by atoms with E-state index < -0.39 is 36.1 Å². The summed E-state index contributed by atoms with van der Waals surface area (Å²) in [5, 5.41) is 5.49. The molecule has 0 bridgehead atoms. The van der Waals surface area contributed by atoms with E-state index in [0.717, 1.165) is 30.6 Å². The largest absolute Gasteiger partial charge is 0.451 e. The molecule has 2 atom stereocenters. The lowest BCUT2D eigenvalue weighted by atomic mass is 9.99. The Balaban J connectivity index is 1.84. The molecular weight excluding hydrogens is 338 g/mol. The molecule has 0 unspecified atom stereocenters. The fourth-order valence-corrected chi connectivity index (χ4v) is 3.29. The van der Waals surface area contributed by atoms with Gasteiger partial charge in [-0.05, 0) is 33.1 Å². The lowest BCUT2D eigenvalue weighted by molar-refractivity contribution is -0.156. The maximum absolute atomic E-state index is 12.3. The van der Waals surface area contributed by atoms with Crippen molar-refractivity contribution in [3.05, 3.63) is 0 Å². The highest BCUT2D eigenvalue weighted by Gasteiger charge is 2.47. The number of nitrogens with one attached hydrogen (secondary N) is 2. The van der Waals surface area contributed by atoms with Crippen molar-refractivity contribution in [1.82, 2.24) is 15.5 Å². The Labute approximate surface area is 154 Å². The van der Waals surface area contributed by atoms with Gasteiger partial charge in [0.25, 0.3) is 11.8 Å². The summed E-state index contributed by atoms with van der Waals surface area (Å²) in [7, 11) is 0. The summed E-state index contributed by atoms with van der Waals surface area (Å²) in [4.78, 5) is 49.3. The van der Waals surface area contributed by atoms with Gasteiger partial charge >= 0.3 is 12.0 Å². The van der Waals surface area contributed by atoms with E-state index >= 15 is 0 Å². The number of carbonyl (C=O) groups excluding carboxylic acids is 4. The predicted octanol–water partition coefficient (Wildman–Crippen LogP) is 1.48. The summed E-state index contributed by atoms with van der Waals surface area (Å²) in [6.45, 7) is 4.38. The molecule has 0 aromatic carbocycles. The Morgan fingerprint density at radius 2 is 1.88 bits per heavy atom. The van der Waals surface area contributed by atoms with Crippen molar-refractivity contribution in [3.63, 3.8) is 0 Å². The standard InChI is InChI=1S/C18H29N3O5/c1-4-18(3)16(24)21(17(25)20-18)11-14(22)26-12(2)15(23)19-13-9-7-5-6-8-10-13/h12-13H,4-11H2,1-3H3,(H,19,23)(H,20,25)/t12-,18-/m1/s1. The van der Waals surface area contributed by atoms with Crippen molar-refractivity contribution in [1.29, 1.82) is 0 Å². The van der Waals surface area contributed by atoms with Crippen molar-refractivity contribution in [2.24, 2.45) is 0 Å². The molecule has 8 nitrogen and oxygen atoms in total. The van der Waals surface area contributed by atoms with Crippen LogP contribution in [0, 0.1) is 0 Å². The molecule has 0 spiro atoms. The second kappa shape index (κ2) is 8.51. The van der Waals surface area contributed by atoms with Crippen LogP contribution in [0.25, 0.3) is 0 Å². The predicted molar refractivity (Wildman–Crippen MR) is 94.1 cm³/mol. The van der Waals surface area contributed by atoms with Crippen LogP contribution in [-0.4, -0.2) is 52.9 Å². The third kappa shape index (κ3) is 4.74. The summed E-state index contributed by atoms with van der Waals surface area (Å²) in [5.74, 6) is -1.59. The molecule has 0 aromatic heterocycles. The van der Waals surface area contributed by atoms with Gasteiger partial charge in [0, 0.05) is 6.04 Å². The smallest absolute Gasteiger partial charge is 0.327 e. The van der Waals surface area contributed by atoms with Crippen molar-refractivity contribution >= 4 is 23.8 Å². The molecule has 0 radical (unpaired) electrons. The molecule has 1 aliphatic carbocycles. The van der Waals surface area contributed by atoms with Gasteiger partial charge in [-0.1, -0.05) is 32.6 Å². The average Bonchev–Trinajstić information content (AvgIpc) is 2.79. The Morgan fingerprint density at radius 3 is 2.42 bits per heavy atom. The zero-order chi connectivity index (χ0) is 19.3. The first-order valence-corrected chi connectivity index (χ1v) is 9.41. The van der Waals surface area contributed by atoms with E-state index in [0.29, 0.717) is 6.42 Å². The monoisotopic (exact) mass is 367 g/mol. The Morgan fingerprint density at radius 1 is 1.27 bits per heavy atom. The minimum absolute atomic E-state index is 0.113. The number of carbonyl (C=O) groups is 4. The van der Waals surface area contributed by atoms with Crippen LogP contribution in [0.4, 0.5) is 4.79 Å². The lowest BCUT2D eigenvalue weighted by Gasteiger charge is -2.21. The van der Waals surface area contributed by atoms with Crippen LogP contribution in [-0.2, 0) is 19.1 Å². The van der Waals surface area contributed by atoms with E-state index in [4.69, 9.17) is 4.74 Å². The van der Waals surface area contributed by atoms with Crippen LogP contribution in [0.1, 0.15) is 65.7 Å². The van der Waals surface area contributed by atoms with Gasteiger partial charge in [0.05, 0.1) is 0 Å². The van der Waals surface area contributed by atoms with Gasteiger partial charge in [-0.25, -0.2) is 4.79 Å². The van der Waals surface area contributed by atoms with Crippen LogP contribution in [0.2, 0.25) is 0 Å². The van der Waals surface area contributed by atoms with E-state index in [-0.39, 0.29) is 11.9 Å². The van der Waals surface area contributed by atoms with Crippen LogP contribution < -0.4 is 10.6 Å². The van der Waals surface area contributed by atoms with E-state index in [2.05, 4.69) is 10.6 Å². The molecular formula is C18H29N3O5. The number of esters is 1. The van der Waals surface area contributed by atoms with E-state index in [9.17, 15) is 19.2 Å². The van der Waals surface area contributed by atoms with Crippen LogP contribution in [0.3, 0.4) is 0 Å². The first-order chi connectivity index (χ1) is 12.3. The number of nitrogens with zero attached hydrogens (tertiary/aromatic N) is 1. The number of ether oxygens (including phenoxy) is 1. The number of hydrogen-bond donors (Lipinski definition) is 2. The van der Waals surface area contributed by atoms with Gasteiger partial charge in [-0.15, -0.1) is 0 Å². The van der Waals surface area contributed by atoms with Crippen LogP contribution >= 0.6 is 0 Å². The fourth-order valence-electron chi connectivity index (χ4n) is 3.29. The minimum Gasteiger partial charge on any atom is -0.451 e. The first kappa shape index (κ1) is 20.2. The average molecular weight is 367 g/mol. The van der Waals surface area contributed by atoms with Gasteiger partial charge < -0.3 is 15.4 Å². The number of urea groups is 1. The summed E-state index contributed by atoms with van der Waals surface area (Å²) in [6, 6.07) is -0.505. The third-order valence-corrected chi connectivity index (χ3v) is 5.22. The number of imide groups is 1. The van der Waals surface area contributed by atoms with Crippen molar-refractivity contribution in [2.75, 3.05) is 6.54 Å². The molecule has 1 aliphatic heterocycles. The van der Waals surface area contributed by atoms with Gasteiger partial charge in [-0.3, -0.25) is 19.3 Å². The number of hydrogen-bond acceptors (Lipinski definition) is 5. The molecule has 2 fully saturated rings. The topological polar surface area (TPSA) is 105 Å². The number of rotatable bonds is 6. The Bertz CT molecular complexity index is 571. The molecule has 2 aliphatic rings. The first-order valence-electron chi connectivity index (χ1n) is 9.41. The van der Waals surface area contributed by atoms with E-state index in [1.54, 1.807) is 13.8 Å². The van der Waals surface area contributed by atoms with Gasteiger partial charge in [0.15, 0.2) is 6.10 Å². The molecule has 0 aromatic rings. The molecule has 146 valence electrons. The second-order valence-electron chi connectivity index (χ2n) is 7.34. The number of amides is 4. The molecule has 1 heterocycles. The lowest BCUT2D eigenvalue weighted by Crippen LogP contribution is -2.45. The van der Waals surface area contributed by atoms with Crippen molar-refractivity contribution in [2.45, 2.75) is 83.4 Å². The molecule has 1 saturated heterocycles. The zero-order valence-electron chi connectivity index (χ0n) is 15.8. The Kier molecular flexibility index (Phi) is 6.61. The molecule has 2 rings (SSSR count). The van der Waals surface area contributed by atoms with Gasteiger partial charge in [-0.2, -0.15) is 0 Å². The van der Waals surface area contributed by atoms with E-state index in [1.807, 2.05) is 0 Å². The highest BCUT2D eigenvalue weighted by molar-refractivity contribution is 6.08. The van der Waals surface area contributed by atoms with Crippen LogP contribution in [0.5, 0.6) is 0 Å². The molecule has 26 heavy (non-hydrogen) atoms. The maximum Gasteiger partial charge on any atom is 0.327 e. The summed E-state index contributed by atoms with van der Waals surface area (Å²) >= 11 is 0. The quantitative estimate of drug-likeness (QED) is 0.420. The van der Waals surface area contributed by atoms with Gasteiger partial charge in [0.1, 0.15) is 12.1 Å². The SMILES string of the molecule is CC[C@@]1(C)NC(=O)N(CC(=O)O[C@H](C)C(=O)NC2CCCCCC2)C1=O. The Hall–Kier alpha value is -2.12. The van der Waals surface area contributed by atoms with E-state index in [1.165, 1.54) is 19.8 Å². The highest BCUT2D eigenvalue weighted by atomic mass is 16.5. The van der Waals surface area contributed by atoms with Crippen molar-refractivity contribution < 1.29 is 23.9 Å². The second-order valence-corrected chi connectivity index (χ2v) is 7.34. The zero-order valence-corrected chi connectivity index (χ0v) is 15.8. The van der Waals surface area contributed by atoms with Gasteiger partial charge in [0.2, 0.25) is 0 Å². The normalized spacial score (nSPS) is 25.4. The fraction of sp³-hybridized carbons (Fsp3) is 0.778. The molecule has 4 amide bonds.